The number of aromatic carboxylic acids is 1. The Labute approximate surface area is 118 Å². The van der Waals surface area contributed by atoms with Gasteiger partial charge in [-0.2, -0.15) is 0 Å². The molecule has 0 aliphatic rings. The maximum atomic E-state index is 11.1. The number of pyridine rings is 1. The first-order chi connectivity index (χ1) is 9.72. The van der Waals surface area contributed by atoms with E-state index in [-0.39, 0.29) is 5.69 Å². The van der Waals surface area contributed by atoms with Crippen LogP contribution in [0.5, 0.6) is 0 Å². The monoisotopic (exact) mass is 273 g/mol. The highest BCUT2D eigenvalue weighted by Crippen LogP contribution is 2.23. The molecule has 0 saturated heterocycles. The van der Waals surface area contributed by atoms with Crippen molar-refractivity contribution in [1.29, 1.82) is 0 Å². The van der Waals surface area contributed by atoms with Crippen molar-refractivity contribution in [1.82, 2.24) is 10.3 Å². The Balaban J connectivity index is 2.19. The third-order valence-corrected chi connectivity index (χ3v) is 3.03. The van der Waals surface area contributed by atoms with Gasteiger partial charge in [0, 0.05) is 17.6 Å². The first-order valence-corrected chi connectivity index (χ1v) is 6.80. The van der Waals surface area contributed by atoms with Gasteiger partial charge in [0.05, 0.1) is 5.52 Å². The highest BCUT2D eigenvalue weighted by molar-refractivity contribution is 5.97. The van der Waals surface area contributed by atoms with Gasteiger partial charge in [0.1, 0.15) is 0 Å². The third-order valence-electron chi connectivity index (χ3n) is 3.03. The summed E-state index contributed by atoms with van der Waals surface area (Å²) in [4.78, 5) is 15.3. The lowest BCUT2D eigenvalue weighted by Gasteiger charge is -2.10. The van der Waals surface area contributed by atoms with Crippen LogP contribution in [0.2, 0.25) is 0 Å². The molecule has 2 aromatic rings. The van der Waals surface area contributed by atoms with Gasteiger partial charge in [-0.15, -0.1) is 0 Å². The van der Waals surface area contributed by atoms with Crippen LogP contribution >= 0.6 is 0 Å². The fourth-order valence-electron chi connectivity index (χ4n) is 2.04. The molecule has 20 heavy (non-hydrogen) atoms. The Morgan fingerprint density at radius 2 is 2.10 bits per heavy atom. The number of anilines is 1. The summed E-state index contributed by atoms with van der Waals surface area (Å²) in [5.74, 6) is -1.01. The molecule has 0 unspecified atom stereocenters. The Morgan fingerprint density at radius 1 is 1.30 bits per heavy atom. The molecule has 2 rings (SSSR count). The number of carboxylic acid groups (broad SMARTS) is 1. The molecular weight excluding hydrogens is 254 g/mol. The highest BCUT2D eigenvalue weighted by atomic mass is 16.4. The van der Waals surface area contributed by atoms with Crippen LogP contribution in [-0.4, -0.2) is 35.7 Å². The zero-order chi connectivity index (χ0) is 14.4. The number of para-hydroxylation sites is 1. The summed E-state index contributed by atoms with van der Waals surface area (Å²) >= 11 is 0. The normalized spacial score (nSPS) is 10.7. The van der Waals surface area contributed by atoms with Gasteiger partial charge < -0.3 is 15.7 Å². The molecule has 3 N–H and O–H groups in total. The van der Waals surface area contributed by atoms with Gasteiger partial charge in [-0.05, 0) is 31.6 Å². The van der Waals surface area contributed by atoms with Crippen LogP contribution in [0.3, 0.4) is 0 Å². The average Bonchev–Trinajstić information content (AvgIpc) is 2.46. The Morgan fingerprint density at radius 3 is 2.85 bits per heavy atom. The van der Waals surface area contributed by atoms with E-state index in [2.05, 4.69) is 22.5 Å². The van der Waals surface area contributed by atoms with Crippen LogP contribution < -0.4 is 10.6 Å². The van der Waals surface area contributed by atoms with E-state index >= 15 is 0 Å². The van der Waals surface area contributed by atoms with Crippen LogP contribution in [0, 0.1) is 0 Å². The summed E-state index contributed by atoms with van der Waals surface area (Å²) in [5.41, 5.74) is 1.59. The molecule has 0 radical (unpaired) electrons. The minimum Gasteiger partial charge on any atom is -0.477 e. The Hall–Kier alpha value is -2.14. The maximum Gasteiger partial charge on any atom is 0.354 e. The molecule has 0 atom stereocenters. The SMILES string of the molecule is CCNCCCNc1cc(C(=O)O)nc2ccccc12. The molecule has 1 aromatic carbocycles. The number of rotatable bonds is 7. The Bertz CT molecular complexity index is 599. The zero-order valence-electron chi connectivity index (χ0n) is 11.5. The van der Waals surface area contributed by atoms with Crippen molar-refractivity contribution in [3.05, 3.63) is 36.0 Å². The van der Waals surface area contributed by atoms with Crippen molar-refractivity contribution in [3.63, 3.8) is 0 Å². The van der Waals surface area contributed by atoms with Gasteiger partial charge >= 0.3 is 5.97 Å². The van der Waals surface area contributed by atoms with Gasteiger partial charge in [0.25, 0.3) is 0 Å². The van der Waals surface area contributed by atoms with Crippen molar-refractivity contribution in [2.24, 2.45) is 0 Å². The molecule has 106 valence electrons. The van der Waals surface area contributed by atoms with E-state index in [1.54, 1.807) is 6.07 Å². The van der Waals surface area contributed by atoms with Crippen molar-refractivity contribution in [2.45, 2.75) is 13.3 Å². The second-order valence-corrected chi connectivity index (χ2v) is 4.51. The molecular formula is C15H19N3O2. The first-order valence-electron chi connectivity index (χ1n) is 6.80. The van der Waals surface area contributed by atoms with Gasteiger partial charge in [0.15, 0.2) is 5.69 Å². The summed E-state index contributed by atoms with van der Waals surface area (Å²) in [6, 6.07) is 9.15. The topological polar surface area (TPSA) is 74.2 Å². The lowest BCUT2D eigenvalue weighted by Crippen LogP contribution is -2.17. The van der Waals surface area contributed by atoms with Crippen molar-refractivity contribution < 1.29 is 9.90 Å². The third kappa shape index (κ3) is 3.45. The van der Waals surface area contributed by atoms with Crippen molar-refractivity contribution in [3.8, 4) is 0 Å². The van der Waals surface area contributed by atoms with E-state index in [4.69, 9.17) is 5.11 Å². The van der Waals surface area contributed by atoms with Crippen LogP contribution in [0.1, 0.15) is 23.8 Å². The summed E-state index contributed by atoms with van der Waals surface area (Å²) in [6.45, 7) is 4.77. The summed E-state index contributed by atoms with van der Waals surface area (Å²) in [7, 11) is 0. The number of nitrogens with zero attached hydrogens (tertiary/aromatic N) is 1. The second-order valence-electron chi connectivity index (χ2n) is 4.51. The molecule has 0 saturated carbocycles. The lowest BCUT2D eigenvalue weighted by atomic mass is 10.1. The molecule has 5 nitrogen and oxygen atoms in total. The molecule has 0 fully saturated rings. The molecule has 0 aliphatic carbocycles. The largest absolute Gasteiger partial charge is 0.477 e. The fourth-order valence-corrected chi connectivity index (χ4v) is 2.04. The van der Waals surface area contributed by atoms with E-state index in [9.17, 15) is 4.79 Å². The number of carbonyl (C=O) groups is 1. The average molecular weight is 273 g/mol. The smallest absolute Gasteiger partial charge is 0.354 e. The minimum absolute atomic E-state index is 0.0675. The van der Waals surface area contributed by atoms with Gasteiger partial charge in [-0.25, -0.2) is 9.78 Å². The van der Waals surface area contributed by atoms with E-state index < -0.39 is 5.97 Å². The first kappa shape index (κ1) is 14.3. The molecule has 0 aliphatic heterocycles. The minimum atomic E-state index is -1.01. The van der Waals surface area contributed by atoms with Crippen LogP contribution in [0.15, 0.2) is 30.3 Å². The van der Waals surface area contributed by atoms with Crippen molar-refractivity contribution in [2.75, 3.05) is 25.0 Å². The van der Waals surface area contributed by atoms with E-state index in [0.29, 0.717) is 5.52 Å². The van der Waals surface area contributed by atoms with Gasteiger partial charge in [-0.3, -0.25) is 0 Å². The zero-order valence-corrected chi connectivity index (χ0v) is 11.5. The number of fused-ring (bicyclic) bond motifs is 1. The predicted molar refractivity (Wildman–Crippen MR) is 80.4 cm³/mol. The highest BCUT2D eigenvalue weighted by Gasteiger charge is 2.10. The lowest BCUT2D eigenvalue weighted by molar-refractivity contribution is 0.0691. The number of nitrogens with one attached hydrogen (secondary N) is 2. The summed E-state index contributed by atoms with van der Waals surface area (Å²) < 4.78 is 0. The standard InChI is InChI=1S/C15H19N3O2/c1-2-16-8-5-9-17-13-10-14(15(19)20)18-12-7-4-3-6-11(12)13/h3-4,6-7,10,16H,2,5,8-9H2,1H3,(H,17,18)(H,19,20). The second kappa shape index (κ2) is 6.86. The number of benzene rings is 1. The summed E-state index contributed by atoms with van der Waals surface area (Å²) in [6.07, 6.45) is 0.979. The maximum absolute atomic E-state index is 11.1. The van der Waals surface area contributed by atoms with E-state index in [0.717, 1.165) is 37.1 Å². The van der Waals surface area contributed by atoms with E-state index in [1.807, 2.05) is 24.3 Å². The molecule has 1 aromatic heterocycles. The number of carboxylic acids is 1. The van der Waals surface area contributed by atoms with Crippen LogP contribution in [-0.2, 0) is 0 Å². The number of aromatic nitrogens is 1. The molecule has 0 spiro atoms. The van der Waals surface area contributed by atoms with Crippen molar-refractivity contribution >= 4 is 22.6 Å². The summed E-state index contributed by atoms with van der Waals surface area (Å²) in [5, 5.41) is 16.6. The van der Waals surface area contributed by atoms with E-state index in [1.165, 1.54) is 0 Å². The predicted octanol–water partition coefficient (Wildman–Crippen LogP) is 2.34. The van der Waals surface area contributed by atoms with Gasteiger partial charge in [0.2, 0.25) is 0 Å². The fraction of sp³-hybridized carbons (Fsp3) is 0.333. The number of hydrogen-bond acceptors (Lipinski definition) is 4. The molecule has 0 bridgehead atoms. The Kier molecular flexibility index (Phi) is 4.90. The van der Waals surface area contributed by atoms with Crippen LogP contribution in [0.25, 0.3) is 10.9 Å². The number of hydrogen-bond donors (Lipinski definition) is 3. The quantitative estimate of drug-likeness (QED) is 0.675. The molecule has 1 heterocycles. The van der Waals surface area contributed by atoms with Crippen LogP contribution in [0.4, 0.5) is 5.69 Å². The molecule has 5 heteroatoms. The molecule has 0 amide bonds. The van der Waals surface area contributed by atoms with Gasteiger partial charge in [-0.1, -0.05) is 25.1 Å².